The van der Waals surface area contributed by atoms with Crippen molar-refractivity contribution in [1.29, 1.82) is 0 Å². The van der Waals surface area contributed by atoms with E-state index in [1.54, 1.807) is 0 Å². The molecule has 1 N–H and O–H groups in total. The van der Waals surface area contributed by atoms with Crippen LogP contribution < -0.4 is 0 Å². The van der Waals surface area contributed by atoms with E-state index < -0.39 is 0 Å². The van der Waals surface area contributed by atoms with Gasteiger partial charge in [0.2, 0.25) is 5.91 Å². The summed E-state index contributed by atoms with van der Waals surface area (Å²) in [6.07, 6.45) is 5.27. The molecule has 3 heteroatoms. The van der Waals surface area contributed by atoms with Crippen molar-refractivity contribution < 1.29 is 10.0 Å². The van der Waals surface area contributed by atoms with Crippen molar-refractivity contribution in [2.24, 2.45) is 5.92 Å². The fourth-order valence-electron chi connectivity index (χ4n) is 2.39. The summed E-state index contributed by atoms with van der Waals surface area (Å²) >= 11 is 0. The predicted molar refractivity (Wildman–Crippen MR) is 65.4 cm³/mol. The lowest BCUT2D eigenvalue weighted by Crippen LogP contribution is -2.34. The van der Waals surface area contributed by atoms with Crippen molar-refractivity contribution >= 4 is 5.91 Å². The van der Waals surface area contributed by atoms with E-state index in [9.17, 15) is 10.0 Å². The highest BCUT2D eigenvalue weighted by Crippen LogP contribution is 2.25. The maximum absolute atomic E-state index is 12.0. The van der Waals surface area contributed by atoms with Crippen LogP contribution in [0.3, 0.4) is 0 Å². The normalized spacial score (nSPS) is 16.8. The van der Waals surface area contributed by atoms with Gasteiger partial charge >= 0.3 is 0 Å². The second-order valence-electron chi connectivity index (χ2n) is 4.72. The molecule has 1 aliphatic carbocycles. The van der Waals surface area contributed by atoms with E-state index in [0.29, 0.717) is 0 Å². The van der Waals surface area contributed by atoms with Crippen LogP contribution in [0.25, 0.3) is 0 Å². The van der Waals surface area contributed by atoms with E-state index in [1.165, 1.54) is 6.42 Å². The Labute approximate surface area is 102 Å². The molecule has 0 heterocycles. The molecule has 1 fully saturated rings. The van der Waals surface area contributed by atoms with E-state index in [4.69, 9.17) is 0 Å². The van der Waals surface area contributed by atoms with Gasteiger partial charge in [-0.05, 0) is 18.4 Å². The van der Waals surface area contributed by atoms with Crippen LogP contribution in [-0.4, -0.2) is 16.2 Å². The second-order valence-corrected chi connectivity index (χ2v) is 4.72. The predicted octanol–water partition coefficient (Wildman–Crippen LogP) is 2.98. The summed E-state index contributed by atoms with van der Waals surface area (Å²) < 4.78 is 0. The van der Waals surface area contributed by atoms with Crippen LogP contribution in [0.4, 0.5) is 0 Å². The molecule has 1 aromatic carbocycles. The number of carbonyl (C=O) groups excluding carboxylic acids is 1. The first-order chi connectivity index (χ1) is 8.27. The first kappa shape index (κ1) is 12.1. The van der Waals surface area contributed by atoms with Gasteiger partial charge in [-0.25, -0.2) is 5.06 Å². The number of hydrogen-bond donors (Lipinski definition) is 1. The minimum Gasteiger partial charge on any atom is -0.286 e. The minimum atomic E-state index is -0.117. The second kappa shape index (κ2) is 5.82. The van der Waals surface area contributed by atoms with Crippen LogP contribution in [0.15, 0.2) is 30.3 Å². The molecule has 1 aromatic rings. The highest BCUT2D eigenvalue weighted by Gasteiger charge is 2.25. The lowest BCUT2D eigenvalue weighted by molar-refractivity contribution is -0.173. The van der Waals surface area contributed by atoms with Gasteiger partial charge in [0.1, 0.15) is 0 Å². The third-order valence-electron chi connectivity index (χ3n) is 3.38. The summed E-state index contributed by atoms with van der Waals surface area (Å²) in [5.41, 5.74) is 0.958. The van der Waals surface area contributed by atoms with E-state index >= 15 is 0 Å². The van der Waals surface area contributed by atoms with Crippen molar-refractivity contribution in [3.8, 4) is 0 Å². The van der Waals surface area contributed by atoms with Gasteiger partial charge in [0, 0.05) is 5.92 Å². The zero-order chi connectivity index (χ0) is 12.1. The molecule has 0 unspecified atom stereocenters. The highest BCUT2D eigenvalue weighted by molar-refractivity contribution is 5.77. The molecule has 17 heavy (non-hydrogen) atoms. The Balaban J connectivity index is 1.90. The van der Waals surface area contributed by atoms with Crippen LogP contribution in [0.5, 0.6) is 0 Å². The number of hydroxylamine groups is 2. The van der Waals surface area contributed by atoms with E-state index in [2.05, 4.69) is 0 Å². The van der Waals surface area contributed by atoms with Crippen LogP contribution in [-0.2, 0) is 11.3 Å². The minimum absolute atomic E-state index is 0.0254. The Morgan fingerprint density at radius 3 is 2.47 bits per heavy atom. The standard InChI is InChI=1S/C14H19NO2/c16-14(13-9-5-2-6-10-13)15(17)11-12-7-3-1-4-8-12/h1,3-4,7-8,13,17H,2,5-6,9-11H2. The zero-order valence-electron chi connectivity index (χ0n) is 10.0. The average Bonchev–Trinajstić information content (AvgIpc) is 2.40. The number of benzene rings is 1. The van der Waals surface area contributed by atoms with E-state index in [0.717, 1.165) is 36.3 Å². The molecule has 0 saturated heterocycles. The van der Waals surface area contributed by atoms with Crippen molar-refractivity contribution in [3.63, 3.8) is 0 Å². The van der Waals surface area contributed by atoms with Crippen LogP contribution >= 0.6 is 0 Å². The van der Waals surface area contributed by atoms with Crippen LogP contribution in [0, 0.1) is 5.92 Å². The molecular weight excluding hydrogens is 214 g/mol. The first-order valence-electron chi connectivity index (χ1n) is 6.31. The van der Waals surface area contributed by atoms with Gasteiger partial charge in [-0.2, -0.15) is 0 Å². The van der Waals surface area contributed by atoms with Gasteiger partial charge in [0.25, 0.3) is 0 Å². The highest BCUT2D eigenvalue weighted by atomic mass is 16.5. The molecule has 3 nitrogen and oxygen atoms in total. The summed E-state index contributed by atoms with van der Waals surface area (Å²) in [5.74, 6) is -0.0917. The van der Waals surface area contributed by atoms with Gasteiger partial charge in [-0.1, -0.05) is 49.6 Å². The third-order valence-corrected chi connectivity index (χ3v) is 3.38. The summed E-state index contributed by atoms with van der Waals surface area (Å²) in [6.45, 7) is 0.288. The monoisotopic (exact) mass is 233 g/mol. The molecule has 2 rings (SSSR count). The molecule has 1 saturated carbocycles. The van der Waals surface area contributed by atoms with Gasteiger partial charge in [0.05, 0.1) is 6.54 Å². The molecule has 0 aliphatic heterocycles. The summed E-state index contributed by atoms with van der Waals surface area (Å²) in [4.78, 5) is 12.0. The van der Waals surface area contributed by atoms with Crippen molar-refractivity contribution in [3.05, 3.63) is 35.9 Å². The SMILES string of the molecule is O=C(C1CCCCC1)N(O)Cc1ccccc1. The number of carbonyl (C=O) groups is 1. The number of nitrogens with zero attached hydrogens (tertiary/aromatic N) is 1. The van der Waals surface area contributed by atoms with Gasteiger partial charge in [0.15, 0.2) is 0 Å². The molecule has 0 radical (unpaired) electrons. The molecule has 0 bridgehead atoms. The maximum atomic E-state index is 12.0. The van der Waals surface area contributed by atoms with Gasteiger partial charge in [-0.15, -0.1) is 0 Å². The average molecular weight is 233 g/mol. The topological polar surface area (TPSA) is 40.5 Å². The number of rotatable bonds is 3. The Morgan fingerprint density at radius 2 is 1.82 bits per heavy atom. The number of hydrogen-bond acceptors (Lipinski definition) is 2. The number of amides is 1. The fraction of sp³-hybridized carbons (Fsp3) is 0.500. The molecule has 1 amide bonds. The van der Waals surface area contributed by atoms with Crippen LogP contribution in [0.2, 0.25) is 0 Å². The van der Waals surface area contributed by atoms with Crippen molar-refractivity contribution in [2.45, 2.75) is 38.6 Å². The summed E-state index contributed by atoms with van der Waals surface area (Å²) in [5, 5.41) is 10.7. The van der Waals surface area contributed by atoms with Gasteiger partial charge < -0.3 is 0 Å². The molecular formula is C14H19NO2. The summed E-state index contributed by atoms with van der Waals surface area (Å²) in [7, 11) is 0. The molecule has 92 valence electrons. The molecule has 0 spiro atoms. The largest absolute Gasteiger partial charge is 0.286 e. The molecule has 0 aromatic heterocycles. The zero-order valence-corrected chi connectivity index (χ0v) is 10.0. The molecule has 1 aliphatic rings. The maximum Gasteiger partial charge on any atom is 0.249 e. The van der Waals surface area contributed by atoms with Crippen molar-refractivity contribution in [1.82, 2.24) is 5.06 Å². The third kappa shape index (κ3) is 3.30. The van der Waals surface area contributed by atoms with Crippen LogP contribution in [0.1, 0.15) is 37.7 Å². The van der Waals surface area contributed by atoms with E-state index in [-0.39, 0.29) is 18.4 Å². The smallest absolute Gasteiger partial charge is 0.249 e. The Kier molecular flexibility index (Phi) is 4.15. The Hall–Kier alpha value is -1.35. The van der Waals surface area contributed by atoms with E-state index in [1.807, 2.05) is 30.3 Å². The van der Waals surface area contributed by atoms with Crippen molar-refractivity contribution in [2.75, 3.05) is 0 Å². The molecule has 0 atom stereocenters. The lowest BCUT2D eigenvalue weighted by Gasteiger charge is -2.24. The fourth-order valence-corrected chi connectivity index (χ4v) is 2.39. The lowest BCUT2D eigenvalue weighted by atomic mass is 9.88. The summed E-state index contributed by atoms with van der Waals surface area (Å²) in [6, 6.07) is 9.57. The Bertz CT molecular complexity index is 358. The van der Waals surface area contributed by atoms with Gasteiger partial charge in [-0.3, -0.25) is 10.0 Å². The first-order valence-corrected chi connectivity index (χ1v) is 6.31. The quantitative estimate of drug-likeness (QED) is 0.644. The Morgan fingerprint density at radius 1 is 1.18 bits per heavy atom.